The number of hydrogen-bond acceptors (Lipinski definition) is 5. The van der Waals surface area contributed by atoms with E-state index < -0.39 is 22.6 Å². The Bertz CT molecular complexity index is 1250. The molecule has 188 valence electrons. The van der Waals surface area contributed by atoms with Crippen LogP contribution in [0.4, 0.5) is 5.69 Å². The standard InChI is InChI=1S/C26H31ClN2O5S/c1-25(2)13-19-14-26(3,16-25)17-29(19)23(30)15-34-24(31)21-12-20(10-11-22(21)27)35(32,33)28(4)18-8-6-5-7-9-18/h5-12,19H,13-17H2,1-4H3. The van der Waals surface area contributed by atoms with Crippen LogP contribution in [-0.4, -0.2) is 51.4 Å². The molecule has 7 nitrogen and oxygen atoms in total. The van der Waals surface area contributed by atoms with Crippen molar-refractivity contribution in [2.75, 3.05) is 24.5 Å². The lowest BCUT2D eigenvalue weighted by molar-refractivity contribution is -0.135. The summed E-state index contributed by atoms with van der Waals surface area (Å²) in [5, 5.41) is 0.0510. The van der Waals surface area contributed by atoms with Crippen molar-refractivity contribution in [2.45, 2.75) is 51.0 Å². The Morgan fingerprint density at radius 2 is 1.80 bits per heavy atom. The van der Waals surface area contributed by atoms with Gasteiger partial charge in [0.2, 0.25) is 0 Å². The molecule has 2 bridgehead atoms. The molecule has 2 unspecified atom stereocenters. The van der Waals surface area contributed by atoms with E-state index in [1.54, 1.807) is 30.3 Å². The van der Waals surface area contributed by atoms with Gasteiger partial charge in [-0.15, -0.1) is 0 Å². The van der Waals surface area contributed by atoms with E-state index in [2.05, 4.69) is 20.8 Å². The Morgan fingerprint density at radius 1 is 1.11 bits per heavy atom. The van der Waals surface area contributed by atoms with Crippen molar-refractivity contribution >= 4 is 39.2 Å². The number of carbonyl (C=O) groups is 2. The normalized spacial score (nSPS) is 23.1. The van der Waals surface area contributed by atoms with Crippen molar-refractivity contribution in [1.29, 1.82) is 0 Å². The van der Waals surface area contributed by atoms with Crippen LogP contribution in [0.5, 0.6) is 0 Å². The molecule has 1 amide bonds. The number of fused-ring (bicyclic) bond motifs is 2. The Morgan fingerprint density at radius 3 is 2.49 bits per heavy atom. The Hall–Kier alpha value is -2.58. The number of anilines is 1. The molecular formula is C26H31ClN2O5S. The lowest BCUT2D eigenvalue weighted by Crippen LogP contribution is -2.39. The molecule has 1 saturated carbocycles. The second-order valence-electron chi connectivity index (χ2n) is 10.8. The molecular weight excluding hydrogens is 488 g/mol. The molecule has 1 aliphatic carbocycles. The number of carbonyl (C=O) groups excluding carboxylic acids is 2. The first-order chi connectivity index (χ1) is 16.3. The maximum atomic E-state index is 13.1. The van der Waals surface area contributed by atoms with Crippen LogP contribution in [0, 0.1) is 10.8 Å². The Balaban J connectivity index is 1.47. The number of likely N-dealkylation sites (tertiary alicyclic amines) is 1. The van der Waals surface area contributed by atoms with Crippen LogP contribution in [0.25, 0.3) is 0 Å². The molecule has 1 saturated heterocycles. The fourth-order valence-electron chi connectivity index (χ4n) is 5.80. The predicted molar refractivity (Wildman–Crippen MR) is 135 cm³/mol. The summed E-state index contributed by atoms with van der Waals surface area (Å²) < 4.78 is 32.7. The number of esters is 1. The molecule has 2 atom stereocenters. The van der Waals surface area contributed by atoms with E-state index in [1.165, 1.54) is 25.2 Å². The van der Waals surface area contributed by atoms with E-state index in [-0.39, 0.29) is 38.3 Å². The minimum atomic E-state index is -3.95. The molecule has 35 heavy (non-hydrogen) atoms. The zero-order chi connectivity index (χ0) is 25.6. The fraction of sp³-hybridized carbons (Fsp3) is 0.462. The molecule has 0 aromatic heterocycles. The van der Waals surface area contributed by atoms with E-state index in [1.807, 2.05) is 4.90 Å². The number of benzene rings is 2. The number of ether oxygens (including phenoxy) is 1. The highest BCUT2D eigenvalue weighted by atomic mass is 35.5. The quantitative estimate of drug-likeness (QED) is 0.515. The molecule has 0 N–H and O–H groups in total. The molecule has 2 aromatic carbocycles. The van der Waals surface area contributed by atoms with E-state index in [0.29, 0.717) is 12.2 Å². The van der Waals surface area contributed by atoms with Crippen LogP contribution < -0.4 is 4.31 Å². The van der Waals surface area contributed by atoms with Crippen molar-refractivity contribution < 1.29 is 22.7 Å². The van der Waals surface area contributed by atoms with Gasteiger partial charge in [-0.3, -0.25) is 9.10 Å². The zero-order valence-corrected chi connectivity index (χ0v) is 22.0. The number of amides is 1. The molecule has 4 rings (SSSR count). The second-order valence-corrected chi connectivity index (χ2v) is 13.1. The summed E-state index contributed by atoms with van der Waals surface area (Å²) in [5.74, 6) is -1.08. The van der Waals surface area contributed by atoms with E-state index in [9.17, 15) is 18.0 Å². The summed E-state index contributed by atoms with van der Waals surface area (Å²) in [6.07, 6.45) is 2.92. The highest BCUT2D eigenvalue weighted by Gasteiger charge is 2.51. The fourth-order valence-corrected chi connectivity index (χ4v) is 7.21. The first-order valence-electron chi connectivity index (χ1n) is 11.6. The molecule has 0 spiro atoms. The van der Waals surface area contributed by atoms with Crippen molar-refractivity contribution in [3.63, 3.8) is 0 Å². The topological polar surface area (TPSA) is 84.0 Å². The lowest BCUT2D eigenvalue weighted by atomic mass is 9.65. The zero-order valence-electron chi connectivity index (χ0n) is 20.5. The third kappa shape index (κ3) is 5.19. The maximum Gasteiger partial charge on any atom is 0.340 e. The smallest absolute Gasteiger partial charge is 0.340 e. The first kappa shape index (κ1) is 25.5. The molecule has 2 aliphatic rings. The molecule has 1 aliphatic heterocycles. The second kappa shape index (κ2) is 9.13. The van der Waals surface area contributed by atoms with Crippen LogP contribution in [0.1, 0.15) is 50.4 Å². The van der Waals surface area contributed by atoms with Crippen molar-refractivity contribution in [3.05, 3.63) is 59.1 Å². The van der Waals surface area contributed by atoms with Crippen LogP contribution in [-0.2, 0) is 19.6 Å². The van der Waals surface area contributed by atoms with Crippen molar-refractivity contribution in [2.24, 2.45) is 10.8 Å². The maximum absolute atomic E-state index is 13.1. The van der Waals surface area contributed by atoms with Gasteiger partial charge in [-0.1, -0.05) is 50.6 Å². The SMILES string of the molecule is CN(c1ccccc1)S(=O)(=O)c1ccc(Cl)c(C(=O)OCC(=O)N2CC3(C)CC2CC(C)(C)C3)c1. The monoisotopic (exact) mass is 518 g/mol. The molecule has 2 aromatic rings. The van der Waals surface area contributed by atoms with Crippen molar-refractivity contribution in [3.8, 4) is 0 Å². The summed E-state index contributed by atoms with van der Waals surface area (Å²) in [6, 6.07) is 12.6. The van der Waals surface area contributed by atoms with Crippen LogP contribution >= 0.6 is 11.6 Å². The van der Waals surface area contributed by atoms with Gasteiger partial charge in [0.1, 0.15) is 0 Å². The molecule has 1 heterocycles. The Kier molecular flexibility index (Phi) is 6.66. The third-order valence-corrected chi connectivity index (χ3v) is 9.11. The minimum absolute atomic E-state index is 0.0510. The van der Waals surface area contributed by atoms with Gasteiger partial charge in [-0.05, 0) is 60.4 Å². The van der Waals surface area contributed by atoms with Crippen LogP contribution in [0.3, 0.4) is 0 Å². The van der Waals surface area contributed by atoms with E-state index in [0.717, 1.165) is 23.6 Å². The van der Waals surface area contributed by atoms with Gasteiger partial charge in [-0.25, -0.2) is 13.2 Å². The number of nitrogens with zero attached hydrogens (tertiary/aromatic N) is 2. The van der Waals surface area contributed by atoms with Crippen LogP contribution in [0.2, 0.25) is 5.02 Å². The minimum Gasteiger partial charge on any atom is -0.452 e. The van der Waals surface area contributed by atoms with Gasteiger partial charge in [0, 0.05) is 19.6 Å². The van der Waals surface area contributed by atoms with E-state index >= 15 is 0 Å². The summed E-state index contributed by atoms with van der Waals surface area (Å²) in [7, 11) is -2.51. The van der Waals surface area contributed by atoms with Gasteiger partial charge < -0.3 is 9.64 Å². The molecule has 2 fully saturated rings. The van der Waals surface area contributed by atoms with Crippen molar-refractivity contribution in [1.82, 2.24) is 4.90 Å². The average molecular weight is 519 g/mol. The van der Waals surface area contributed by atoms with Gasteiger partial charge in [0.25, 0.3) is 15.9 Å². The highest BCUT2D eigenvalue weighted by Crippen LogP contribution is 2.52. The predicted octanol–water partition coefficient (Wildman–Crippen LogP) is 4.75. The largest absolute Gasteiger partial charge is 0.452 e. The number of hydrogen-bond donors (Lipinski definition) is 0. The Labute approximate surface area is 212 Å². The molecule has 0 radical (unpaired) electrons. The lowest BCUT2D eigenvalue weighted by Gasteiger charge is -2.39. The number of rotatable bonds is 6. The molecule has 9 heteroatoms. The van der Waals surface area contributed by atoms with Gasteiger partial charge in [-0.2, -0.15) is 0 Å². The van der Waals surface area contributed by atoms with E-state index in [4.69, 9.17) is 16.3 Å². The number of sulfonamides is 1. The van der Waals surface area contributed by atoms with Gasteiger partial charge >= 0.3 is 5.97 Å². The average Bonchev–Trinajstić information content (AvgIpc) is 3.06. The first-order valence-corrected chi connectivity index (χ1v) is 13.4. The summed E-state index contributed by atoms with van der Waals surface area (Å²) in [4.78, 5) is 27.5. The van der Waals surface area contributed by atoms with Gasteiger partial charge in [0.05, 0.1) is 21.2 Å². The van der Waals surface area contributed by atoms with Crippen LogP contribution in [0.15, 0.2) is 53.4 Å². The summed E-state index contributed by atoms with van der Waals surface area (Å²) in [6.45, 7) is 6.90. The number of para-hydroxylation sites is 1. The van der Waals surface area contributed by atoms with Gasteiger partial charge in [0.15, 0.2) is 6.61 Å². The highest BCUT2D eigenvalue weighted by molar-refractivity contribution is 7.92. The number of halogens is 1. The summed E-state index contributed by atoms with van der Waals surface area (Å²) in [5.41, 5.74) is 0.610. The third-order valence-electron chi connectivity index (χ3n) is 7.00. The summed E-state index contributed by atoms with van der Waals surface area (Å²) >= 11 is 6.20.